The number of aromatic hydroxyl groups is 1. The molecule has 0 heterocycles. The van der Waals surface area contributed by atoms with Crippen molar-refractivity contribution in [2.75, 3.05) is 0 Å². The molecular weight excluding hydrogens is 347 g/mol. The van der Waals surface area contributed by atoms with Gasteiger partial charge in [0.25, 0.3) is 0 Å². The van der Waals surface area contributed by atoms with Crippen molar-refractivity contribution in [2.45, 2.75) is 19.0 Å². The summed E-state index contributed by atoms with van der Waals surface area (Å²) in [5, 5.41) is 10.7. The number of benzene rings is 3. The van der Waals surface area contributed by atoms with Crippen LogP contribution in [0.3, 0.4) is 0 Å². The summed E-state index contributed by atoms with van der Waals surface area (Å²) >= 11 is 0. The number of phenols is 1. The SMILES string of the molecule is O=P(O)(O)Cc1cc(Cc2ccccc2)c(O)c(Cc2ccccc2)c1. The van der Waals surface area contributed by atoms with Crippen molar-refractivity contribution < 1.29 is 19.5 Å². The molecule has 4 nitrogen and oxygen atoms in total. The van der Waals surface area contributed by atoms with Crippen LogP contribution in [0.5, 0.6) is 5.75 Å². The van der Waals surface area contributed by atoms with Crippen molar-refractivity contribution in [3.63, 3.8) is 0 Å². The summed E-state index contributed by atoms with van der Waals surface area (Å²) in [5.41, 5.74) is 3.94. The fourth-order valence-electron chi connectivity index (χ4n) is 3.06. The van der Waals surface area contributed by atoms with Gasteiger partial charge in [0.2, 0.25) is 0 Å². The molecule has 3 N–H and O–H groups in total. The molecule has 134 valence electrons. The summed E-state index contributed by atoms with van der Waals surface area (Å²) in [7, 11) is -4.19. The van der Waals surface area contributed by atoms with Crippen LogP contribution in [-0.2, 0) is 23.6 Å². The van der Waals surface area contributed by atoms with Gasteiger partial charge in [0.1, 0.15) is 5.75 Å². The molecule has 0 aliphatic rings. The van der Waals surface area contributed by atoms with Crippen LogP contribution in [0, 0.1) is 0 Å². The lowest BCUT2D eigenvalue weighted by Gasteiger charge is -2.14. The highest BCUT2D eigenvalue weighted by atomic mass is 31.2. The van der Waals surface area contributed by atoms with E-state index in [4.69, 9.17) is 0 Å². The first-order valence-electron chi connectivity index (χ1n) is 8.37. The maximum atomic E-state index is 11.5. The van der Waals surface area contributed by atoms with Crippen LogP contribution in [-0.4, -0.2) is 14.9 Å². The minimum atomic E-state index is -4.19. The molecule has 0 spiro atoms. The van der Waals surface area contributed by atoms with E-state index in [9.17, 15) is 19.5 Å². The van der Waals surface area contributed by atoms with E-state index in [1.54, 1.807) is 12.1 Å². The molecule has 3 aromatic rings. The van der Waals surface area contributed by atoms with E-state index < -0.39 is 7.60 Å². The zero-order valence-electron chi connectivity index (χ0n) is 14.2. The second kappa shape index (κ2) is 7.88. The third kappa shape index (κ3) is 5.06. The van der Waals surface area contributed by atoms with Crippen LogP contribution in [0.25, 0.3) is 0 Å². The van der Waals surface area contributed by atoms with Crippen LogP contribution in [0.15, 0.2) is 72.8 Å². The Kier molecular flexibility index (Phi) is 5.58. The molecule has 0 aliphatic heterocycles. The Labute approximate surface area is 152 Å². The van der Waals surface area contributed by atoms with Crippen LogP contribution >= 0.6 is 7.60 Å². The van der Waals surface area contributed by atoms with Crippen LogP contribution < -0.4 is 0 Å². The van der Waals surface area contributed by atoms with E-state index in [0.717, 1.165) is 11.1 Å². The highest BCUT2D eigenvalue weighted by Crippen LogP contribution is 2.41. The maximum Gasteiger partial charge on any atom is 0.329 e. The quantitative estimate of drug-likeness (QED) is 0.569. The van der Waals surface area contributed by atoms with Gasteiger partial charge in [0, 0.05) is 12.8 Å². The summed E-state index contributed by atoms with van der Waals surface area (Å²) in [5.74, 6) is 0.187. The zero-order chi connectivity index (χ0) is 18.6. The predicted molar refractivity (Wildman–Crippen MR) is 102 cm³/mol. The van der Waals surface area contributed by atoms with E-state index in [2.05, 4.69) is 0 Å². The molecule has 26 heavy (non-hydrogen) atoms. The Balaban J connectivity index is 2.00. The van der Waals surface area contributed by atoms with Crippen LogP contribution in [0.4, 0.5) is 0 Å². The van der Waals surface area contributed by atoms with Gasteiger partial charge in [0.15, 0.2) is 0 Å². The maximum absolute atomic E-state index is 11.5. The second-order valence-electron chi connectivity index (χ2n) is 6.41. The van der Waals surface area contributed by atoms with E-state index in [-0.39, 0.29) is 11.9 Å². The molecule has 0 bridgehead atoms. The highest BCUT2D eigenvalue weighted by Gasteiger charge is 2.18. The van der Waals surface area contributed by atoms with E-state index in [1.165, 1.54) is 0 Å². The van der Waals surface area contributed by atoms with Crippen molar-refractivity contribution >= 4 is 7.60 Å². The first-order chi connectivity index (χ1) is 12.4. The fourth-order valence-corrected chi connectivity index (χ4v) is 3.72. The Morgan fingerprint density at radius 3 is 1.50 bits per heavy atom. The monoisotopic (exact) mass is 368 g/mol. The Bertz CT molecular complexity index is 855. The smallest absolute Gasteiger partial charge is 0.329 e. The van der Waals surface area contributed by atoms with Crippen molar-refractivity contribution in [2.24, 2.45) is 0 Å². The van der Waals surface area contributed by atoms with Gasteiger partial charge in [-0.3, -0.25) is 4.57 Å². The van der Waals surface area contributed by atoms with Gasteiger partial charge in [-0.2, -0.15) is 0 Å². The molecule has 0 amide bonds. The standard InChI is InChI=1S/C21H21O4P/c22-21-19(11-16-7-3-1-4-8-16)13-18(15-26(23,24)25)14-20(21)12-17-9-5-2-6-10-17/h1-10,13-14,22H,11-12,15H2,(H2,23,24,25). The first-order valence-corrected chi connectivity index (χ1v) is 10.2. The second-order valence-corrected chi connectivity index (χ2v) is 8.06. The van der Waals surface area contributed by atoms with Gasteiger partial charge in [-0.05, 0) is 27.8 Å². The molecule has 0 fully saturated rings. The highest BCUT2D eigenvalue weighted by molar-refractivity contribution is 7.50. The normalized spacial score (nSPS) is 11.5. The Morgan fingerprint density at radius 1 is 0.692 bits per heavy atom. The number of rotatable bonds is 6. The molecule has 5 heteroatoms. The van der Waals surface area contributed by atoms with Crippen molar-refractivity contribution in [3.05, 3.63) is 101 Å². The predicted octanol–water partition coefficient (Wildman–Crippen LogP) is 4.25. The molecule has 3 rings (SSSR count). The third-order valence-corrected chi connectivity index (χ3v) is 4.97. The van der Waals surface area contributed by atoms with Gasteiger partial charge in [0.05, 0.1) is 6.16 Å². The van der Waals surface area contributed by atoms with Gasteiger partial charge < -0.3 is 14.9 Å². The van der Waals surface area contributed by atoms with E-state index >= 15 is 0 Å². The molecule has 0 aromatic heterocycles. The number of hydrogen-bond donors (Lipinski definition) is 3. The van der Waals surface area contributed by atoms with Gasteiger partial charge in [-0.1, -0.05) is 72.8 Å². The molecule has 0 aliphatic carbocycles. The number of phenolic OH excluding ortho intramolecular Hbond substituents is 1. The van der Waals surface area contributed by atoms with Crippen molar-refractivity contribution in [1.29, 1.82) is 0 Å². The minimum Gasteiger partial charge on any atom is -0.507 e. The van der Waals surface area contributed by atoms with Crippen molar-refractivity contribution in [3.8, 4) is 5.75 Å². The summed E-state index contributed by atoms with van der Waals surface area (Å²) in [6.45, 7) is 0. The Morgan fingerprint density at radius 2 is 1.12 bits per heavy atom. The molecule has 0 saturated heterocycles. The zero-order valence-corrected chi connectivity index (χ0v) is 15.1. The summed E-state index contributed by atoms with van der Waals surface area (Å²) < 4.78 is 11.5. The Hall–Kier alpha value is -2.39. The molecule has 0 radical (unpaired) electrons. The van der Waals surface area contributed by atoms with E-state index in [1.807, 2.05) is 60.7 Å². The topological polar surface area (TPSA) is 77.8 Å². The van der Waals surface area contributed by atoms with Gasteiger partial charge >= 0.3 is 7.60 Å². The average Bonchev–Trinajstić information content (AvgIpc) is 2.59. The van der Waals surface area contributed by atoms with Crippen LogP contribution in [0.2, 0.25) is 0 Å². The number of hydrogen-bond acceptors (Lipinski definition) is 2. The lowest BCUT2D eigenvalue weighted by Crippen LogP contribution is -1.98. The third-order valence-electron chi connectivity index (χ3n) is 4.19. The fraction of sp³-hybridized carbons (Fsp3) is 0.143. The van der Waals surface area contributed by atoms with Gasteiger partial charge in [-0.25, -0.2) is 0 Å². The minimum absolute atomic E-state index is 0.187. The lowest BCUT2D eigenvalue weighted by atomic mass is 9.95. The summed E-state index contributed by atoms with van der Waals surface area (Å²) in [4.78, 5) is 18.7. The summed E-state index contributed by atoms with van der Waals surface area (Å²) in [6, 6.07) is 22.8. The average molecular weight is 368 g/mol. The molecule has 0 saturated carbocycles. The molecule has 0 atom stereocenters. The van der Waals surface area contributed by atoms with E-state index in [0.29, 0.717) is 29.5 Å². The van der Waals surface area contributed by atoms with Crippen LogP contribution in [0.1, 0.15) is 27.8 Å². The summed E-state index contributed by atoms with van der Waals surface area (Å²) in [6.07, 6.45) is 0.670. The molecule has 3 aromatic carbocycles. The van der Waals surface area contributed by atoms with Gasteiger partial charge in [-0.15, -0.1) is 0 Å². The first kappa shape index (κ1) is 18.4. The lowest BCUT2D eigenvalue weighted by molar-refractivity contribution is 0.371. The molecule has 0 unspecified atom stereocenters. The largest absolute Gasteiger partial charge is 0.507 e. The molecular formula is C21H21O4P. The van der Waals surface area contributed by atoms with Crippen molar-refractivity contribution in [1.82, 2.24) is 0 Å².